The molecule has 0 aliphatic heterocycles. The van der Waals surface area contributed by atoms with Gasteiger partial charge in [0.25, 0.3) is 0 Å². The van der Waals surface area contributed by atoms with Crippen LogP contribution in [0.25, 0.3) is 0 Å². The van der Waals surface area contributed by atoms with Crippen molar-refractivity contribution < 1.29 is 28.6 Å². The van der Waals surface area contributed by atoms with Crippen LogP contribution in [0.4, 0.5) is 0 Å². The summed E-state index contributed by atoms with van der Waals surface area (Å²) >= 11 is 0. The molecular weight excluding hydrogens is 805 g/mol. The third kappa shape index (κ3) is 50.7. The second-order valence-electron chi connectivity index (χ2n) is 16.8. The highest BCUT2D eigenvalue weighted by molar-refractivity contribution is 5.71. The van der Waals surface area contributed by atoms with E-state index < -0.39 is 6.10 Å². The summed E-state index contributed by atoms with van der Waals surface area (Å²) in [4.78, 5) is 38.0. The van der Waals surface area contributed by atoms with Gasteiger partial charge in [-0.25, -0.2) is 0 Å². The van der Waals surface area contributed by atoms with Gasteiger partial charge in [-0.05, 0) is 89.9 Å². The van der Waals surface area contributed by atoms with E-state index in [2.05, 4.69) is 118 Å². The number of rotatable bonds is 45. The molecule has 0 bridgehead atoms. The molecule has 0 aliphatic rings. The zero-order chi connectivity index (χ0) is 47.2. The second-order valence-corrected chi connectivity index (χ2v) is 16.8. The molecule has 0 aromatic heterocycles. The first-order valence-electron chi connectivity index (χ1n) is 26.1. The summed E-state index contributed by atoms with van der Waals surface area (Å²) in [6, 6.07) is 0. The van der Waals surface area contributed by atoms with Crippen molar-refractivity contribution in [3.8, 4) is 0 Å². The van der Waals surface area contributed by atoms with Gasteiger partial charge in [0, 0.05) is 19.3 Å². The standard InChI is InChI=1S/C59H94O6/c1-4-7-10-13-16-19-22-25-27-28-29-30-32-34-37-40-43-46-49-52-58(61)64-55-56(54-63-57(60)51-48-45-42-39-36-33-24-21-18-15-12-9-6-3)65-59(62)53-50-47-44-41-38-35-31-26-23-20-17-14-11-8-5-2/h7-12,14-21,23-27,31,56H,4-6,13,22,28-30,32-55H2,1-3H3/b10-7-,11-8-,12-9-,17-14-,18-15-,19-16-,23-20-,24-21-,27-25-,31-26-. The molecule has 0 N–H and O–H groups in total. The number of unbranched alkanes of at least 4 members (excludes halogenated alkanes) is 19. The van der Waals surface area contributed by atoms with Crippen LogP contribution >= 0.6 is 0 Å². The lowest BCUT2D eigenvalue weighted by Gasteiger charge is -2.18. The highest BCUT2D eigenvalue weighted by Crippen LogP contribution is 2.14. The van der Waals surface area contributed by atoms with Crippen LogP contribution in [0.2, 0.25) is 0 Å². The van der Waals surface area contributed by atoms with E-state index in [1.165, 1.54) is 38.5 Å². The SMILES string of the molecule is CC\C=C/C=C\C=C/C=C\CCCCCCCC(=O)OC(COC(=O)CCCCCCC\C=C/C=C\C=C/CC)COC(=O)CCCCCCCCCCC/C=C\C/C=C\C/C=C\CC. The van der Waals surface area contributed by atoms with Crippen molar-refractivity contribution in [2.75, 3.05) is 13.2 Å². The predicted molar refractivity (Wildman–Crippen MR) is 279 cm³/mol. The number of ether oxygens (including phenoxy) is 3. The molecule has 65 heavy (non-hydrogen) atoms. The van der Waals surface area contributed by atoms with Gasteiger partial charge >= 0.3 is 17.9 Å². The zero-order valence-electron chi connectivity index (χ0n) is 41.7. The van der Waals surface area contributed by atoms with E-state index in [0.717, 1.165) is 135 Å². The fraction of sp³-hybridized carbons (Fsp3) is 0.610. The Balaban J connectivity index is 4.45. The molecule has 0 saturated heterocycles. The number of allylic oxidation sites excluding steroid dienone is 20. The second kappa shape index (κ2) is 52.4. The molecule has 0 radical (unpaired) electrons. The summed E-state index contributed by atoms with van der Waals surface area (Å²) in [5.74, 6) is -0.957. The number of hydrogen-bond donors (Lipinski definition) is 0. The Morgan fingerprint density at radius 1 is 0.323 bits per heavy atom. The van der Waals surface area contributed by atoms with Crippen LogP contribution in [0.3, 0.4) is 0 Å². The van der Waals surface area contributed by atoms with E-state index in [4.69, 9.17) is 14.2 Å². The largest absolute Gasteiger partial charge is 0.462 e. The normalized spacial score (nSPS) is 13.1. The summed E-state index contributed by atoms with van der Waals surface area (Å²) in [6.45, 7) is 6.20. The fourth-order valence-electron chi connectivity index (χ4n) is 6.76. The Labute approximate surface area is 399 Å². The Morgan fingerprint density at radius 2 is 0.631 bits per heavy atom. The van der Waals surface area contributed by atoms with E-state index in [0.29, 0.717) is 19.3 Å². The fourth-order valence-corrected chi connectivity index (χ4v) is 6.76. The highest BCUT2D eigenvalue weighted by Gasteiger charge is 2.19. The summed E-state index contributed by atoms with van der Waals surface area (Å²) < 4.78 is 16.8. The topological polar surface area (TPSA) is 78.9 Å². The lowest BCUT2D eigenvalue weighted by Crippen LogP contribution is -2.30. The van der Waals surface area contributed by atoms with Gasteiger partial charge in [0.05, 0.1) is 0 Å². The molecule has 6 heteroatoms. The Bertz CT molecular complexity index is 1400. The molecule has 0 rings (SSSR count). The van der Waals surface area contributed by atoms with Crippen LogP contribution in [-0.4, -0.2) is 37.2 Å². The minimum Gasteiger partial charge on any atom is -0.462 e. The molecule has 0 amide bonds. The number of esters is 3. The summed E-state index contributed by atoms with van der Waals surface area (Å²) in [7, 11) is 0. The van der Waals surface area contributed by atoms with Gasteiger partial charge in [0.2, 0.25) is 0 Å². The number of carbonyl (C=O) groups excluding carboxylic acids is 3. The molecule has 0 heterocycles. The monoisotopic (exact) mass is 899 g/mol. The van der Waals surface area contributed by atoms with Crippen molar-refractivity contribution in [2.45, 2.75) is 219 Å². The van der Waals surface area contributed by atoms with Crippen molar-refractivity contribution in [1.29, 1.82) is 0 Å². The lowest BCUT2D eigenvalue weighted by molar-refractivity contribution is -0.167. The van der Waals surface area contributed by atoms with Gasteiger partial charge in [0.1, 0.15) is 13.2 Å². The van der Waals surface area contributed by atoms with E-state index in [1.807, 2.05) is 24.3 Å². The molecule has 0 spiro atoms. The van der Waals surface area contributed by atoms with Crippen LogP contribution in [0.5, 0.6) is 0 Å². The first-order valence-corrected chi connectivity index (χ1v) is 26.1. The van der Waals surface area contributed by atoms with Crippen molar-refractivity contribution in [3.63, 3.8) is 0 Å². The Kier molecular flexibility index (Phi) is 49.1. The summed E-state index contributed by atoms with van der Waals surface area (Å²) in [5, 5.41) is 0. The first kappa shape index (κ1) is 60.8. The van der Waals surface area contributed by atoms with Crippen LogP contribution in [0.15, 0.2) is 122 Å². The molecule has 0 fully saturated rings. The maximum Gasteiger partial charge on any atom is 0.306 e. The van der Waals surface area contributed by atoms with E-state index >= 15 is 0 Å². The quantitative estimate of drug-likeness (QED) is 0.0199. The summed E-state index contributed by atoms with van der Waals surface area (Å²) in [5.41, 5.74) is 0. The van der Waals surface area contributed by atoms with Crippen LogP contribution in [-0.2, 0) is 28.6 Å². The van der Waals surface area contributed by atoms with Crippen molar-refractivity contribution >= 4 is 17.9 Å². The number of carbonyl (C=O) groups is 3. The molecule has 0 saturated carbocycles. The van der Waals surface area contributed by atoms with Crippen LogP contribution < -0.4 is 0 Å². The van der Waals surface area contributed by atoms with E-state index in [1.54, 1.807) is 0 Å². The maximum absolute atomic E-state index is 12.8. The minimum absolute atomic E-state index is 0.101. The van der Waals surface area contributed by atoms with Gasteiger partial charge in [-0.2, -0.15) is 0 Å². The van der Waals surface area contributed by atoms with Crippen LogP contribution in [0.1, 0.15) is 213 Å². The number of hydrogen-bond acceptors (Lipinski definition) is 6. The van der Waals surface area contributed by atoms with E-state index in [-0.39, 0.29) is 31.1 Å². The van der Waals surface area contributed by atoms with Crippen LogP contribution in [0, 0.1) is 0 Å². The molecule has 0 aromatic carbocycles. The summed E-state index contributed by atoms with van der Waals surface area (Å²) in [6.07, 6.45) is 71.8. The molecule has 6 nitrogen and oxygen atoms in total. The molecule has 0 aromatic rings. The average molecular weight is 899 g/mol. The molecular formula is C59H94O6. The van der Waals surface area contributed by atoms with Gasteiger partial charge in [-0.1, -0.05) is 226 Å². The molecule has 366 valence electrons. The highest BCUT2D eigenvalue weighted by atomic mass is 16.6. The smallest absolute Gasteiger partial charge is 0.306 e. The van der Waals surface area contributed by atoms with Crippen molar-refractivity contribution in [2.24, 2.45) is 0 Å². The average Bonchev–Trinajstić information content (AvgIpc) is 3.30. The Hall–Kier alpha value is -4.19. The minimum atomic E-state index is -0.804. The van der Waals surface area contributed by atoms with Gasteiger partial charge in [0.15, 0.2) is 6.10 Å². The van der Waals surface area contributed by atoms with Gasteiger partial charge < -0.3 is 14.2 Å². The third-order valence-corrected chi connectivity index (χ3v) is 10.6. The molecule has 1 unspecified atom stereocenters. The lowest BCUT2D eigenvalue weighted by atomic mass is 10.1. The first-order chi connectivity index (χ1) is 32.0. The van der Waals surface area contributed by atoms with Gasteiger partial charge in [-0.3, -0.25) is 14.4 Å². The van der Waals surface area contributed by atoms with E-state index in [9.17, 15) is 14.4 Å². The predicted octanol–water partition coefficient (Wildman–Crippen LogP) is 17.3. The zero-order valence-corrected chi connectivity index (χ0v) is 41.7. The van der Waals surface area contributed by atoms with Crippen molar-refractivity contribution in [1.82, 2.24) is 0 Å². The van der Waals surface area contributed by atoms with Gasteiger partial charge in [-0.15, -0.1) is 0 Å². The molecule has 0 aliphatic carbocycles. The van der Waals surface area contributed by atoms with Crippen molar-refractivity contribution in [3.05, 3.63) is 122 Å². The Morgan fingerprint density at radius 3 is 1.05 bits per heavy atom. The maximum atomic E-state index is 12.8. The third-order valence-electron chi connectivity index (χ3n) is 10.6. The molecule has 1 atom stereocenters.